The molecule has 3 nitrogen and oxygen atoms in total. The minimum atomic E-state index is -1.54. The molecule has 0 N–H and O–H groups in total. The van der Waals surface area contributed by atoms with E-state index in [9.17, 15) is 4.79 Å². The van der Waals surface area contributed by atoms with Crippen LogP contribution in [0.25, 0.3) is 5.47 Å². The van der Waals surface area contributed by atoms with Crippen LogP contribution < -0.4 is 0 Å². The molecule has 1 aromatic carbocycles. The summed E-state index contributed by atoms with van der Waals surface area (Å²) in [6.45, 7) is 10.4. The normalized spacial score (nSPS) is 29.3. The Labute approximate surface area is 234 Å². The van der Waals surface area contributed by atoms with Gasteiger partial charge in [0.2, 0.25) is 0 Å². The maximum atomic E-state index is 14.3. The van der Waals surface area contributed by atoms with E-state index in [1.54, 1.807) is 0 Å². The lowest BCUT2D eigenvalue weighted by Crippen LogP contribution is -2.42. The molecule has 38 heavy (non-hydrogen) atoms. The first-order valence-corrected chi connectivity index (χ1v) is 19.7. The minimum absolute atomic E-state index is 0.0550. The van der Waals surface area contributed by atoms with Gasteiger partial charge in [-0.25, -0.2) is 4.79 Å². The fraction of sp³-hybridized carbons (Fsp3) is 0.719. The standard InChI is InChI=1S/C32H50B2O3Si/c1-5-36-32(35)30(29(23-38(2,3)4)34-27-19-11-21-28(37-34)22-12-20-27)31(24-13-7-6-8-14-24)33-25-15-9-16-26(33)18-10-17-25/h6-8,13-14,25-29H,5,9-12,15-23H2,1-4H3/b31-30-. The van der Waals surface area contributed by atoms with Gasteiger partial charge in [0.15, 0.2) is 6.71 Å². The molecule has 4 fully saturated rings. The number of ether oxygens (including phenoxy) is 1. The second kappa shape index (κ2) is 12.5. The number of hydrogen-bond donors (Lipinski definition) is 0. The summed E-state index contributed by atoms with van der Waals surface area (Å²) < 4.78 is 13.1. The van der Waals surface area contributed by atoms with Crippen molar-refractivity contribution >= 4 is 33.1 Å². The van der Waals surface area contributed by atoms with Gasteiger partial charge in [-0.1, -0.05) is 137 Å². The molecule has 4 bridgehead atoms. The zero-order valence-electron chi connectivity index (χ0n) is 24.6. The van der Waals surface area contributed by atoms with Crippen molar-refractivity contribution in [2.24, 2.45) is 0 Å². The molecule has 4 saturated heterocycles. The first-order valence-electron chi connectivity index (χ1n) is 16.0. The van der Waals surface area contributed by atoms with Gasteiger partial charge in [-0.3, -0.25) is 0 Å². The quantitative estimate of drug-likeness (QED) is 0.190. The molecule has 6 heteroatoms. The average Bonchev–Trinajstić information content (AvgIpc) is 3.19. The molecule has 0 radical (unpaired) electrons. The lowest BCUT2D eigenvalue weighted by atomic mass is 9.23. The van der Waals surface area contributed by atoms with Crippen molar-refractivity contribution in [3.05, 3.63) is 41.5 Å². The number of benzene rings is 1. The molecule has 1 aromatic rings. The number of carbonyl (C=O) groups excluding carboxylic acids is 1. The van der Waals surface area contributed by atoms with E-state index in [-0.39, 0.29) is 18.7 Å². The average molecular weight is 532 g/mol. The Hall–Kier alpha value is -1.26. The van der Waals surface area contributed by atoms with E-state index in [0.29, 0.717) is 36.9 Å². The van der Waals surface area contributed by atoms with Crippen LogP contribution in [0.3, 0.4) is 0 Å². The van der Waals surface area contributed by atoms with Crippen LogP contribution in [0.1, 0.15) is 89.5 Å². The van der Waals surface area contributed by atoms with Crippen molar-refractivity contribution in [1.29, 1.82) is 0 Å². The SMILES string of the molecule is CCOC(=O)/C(=C(\B1C2CCCC1CCC2)c1ccccc1)C(C[Si](C)(C)C)B1OC2CCCC1CCC2. The van der Waals surface area contributed by atoms with Crippen molar-refractivity contribution in [3.8, 4) is 0 Å². The number of esters is 1. The molecular formula is C32H50B2O3Si. The van der Waals surface area contributed by atoms with E-state index in [4.69, 9.17) is 9.39 Å². The Bertz CT molecular complexity index is 943. The Morgan fingerprint density at radius 1 is 0.895 bits per heavy atom. The third-order valence-corrected chi connectivity index (χ3v) is 11.8. The Balaban J connectivity index is 1.73. The lowest BCUT2D eigenvalue weighted by molar-refractivity contribution is -0.138. The van der Waals surface area contributed by atoms with Gasteiger partial charge in [-0.2, -0.15) is 0 Å². The number of carbonyl (C=O) groups is 1. The van der Waals surface area contributed by atoms with Crippen molar-refractivity contribution in [1.82, 2.24) is 0 Å². The second-order valence-corrected chi connectivity index (χ2v) is 19.6. The van der Waals surface area contributed by atoms with Crippen molar-refractivity contribution in [3.63, 3.8) is 0 Å². The summed E-state index contributed by atoms with van der Waals surface area (Å²) in [5, 5.41) is 0. The molecule has 1 atom stereocenters. The van der Waals surface area contributed by atoms with Gasteiger partial charge >= 0.3 is 12.9 Å². The van der Waals surface area contributed by atoms with Crippen LogP contribution in [0, 0.1) is 0 Å². The van der Waals surface area contributed by atoms with Crippen molar-refractivity contribution in [2.75, 3.05) is 6.61 Å². The number of rotatable bonds is 8. The summed E-state index contributed by atoms with van der Waals surface area (Å²) in [7, 11) is -1.54. The molecule has 0 saturated carbocycles. The highest BCUT2D eigenvalue weighted by Crippen LogP contribution is 2.54. The molecular weight excluding hydrogens is 482 g/mol. The van der Waals surface area contributed by atoms with E-state index >= 15 is 0 Å². The topological polar surface area (TPSA) is 35.5 Å². The molecule has 4 aliphatic rings. The highest BCUT2D eigenvalue weighted by molar-refractivity contribution is 6.83. The third-order valence-electron chi connectivity index (χ3n) is 10.1. The van der Waals surface area contributed by atoms with Crippen LogP contribution >= 0.6 is 0 Å². The third kappa shape index (κ3) is 6.38. The minimum Gasteiger partial charge on any atom is -0.463 e. The summed E-state index contributed by atoms with van der Waals surface area (Å²) in [5.74, 6) is 1.99. The largest absolute Gasteiger partial charge is 0.463 e. The molecule has 206 valence electrons. The fourth-order valence-corrected chi connectivity index (χ4v) is 10.5. The Morgan fingerprint density at radius 3 is 2.00 bits per heavy atom. The maximum absolute atomic E-state index is 14.3. The van der Waals surface area contributed by atoms with Gasteiger partial charge in [0.25, 0.3) is 0 Å². The highest BCUT2D eigenvalue weighted by atomic mass is 28.3. The predicted molar refractivity (Wildman–Crippen MR) is 165 cm³/mol. The van der Waals surface area contributed by atoms with Crippen LogP contribution in [0.4, 0.5) is 0 Å². The van der Waals surface area contributed by atoms with Crippen LogP contribution in [-0.4, -0.2) is 40.4 Å². The number of hydrogen-bond acceptors (Lipinski definition) is 3. The van der Waals surface area contributed by atoms with E-state index in [1.165, 1.54) is 88.1 Å². The maximum Gasteiger partial charge on any atom is 0.333 e. The van der Waals surface area contributed by atoms with E-state index in [1.807, 2.05) is 6.92 Å². The number of fused-ring (bicyclic) bond motifs is 5. The van der Waals surface area contributed by atoms with Crippen molar-refractivity contribution in [2.45, 2.75) is 139 Å². The molecule has 0 amide bonds. The predicted octanol–water partition coefficient (Wildman–Crippen LogP) is 8.97. The smallest absolute Gasteiger partial charge is 0.333 e. The monoisotopic (exact) mass is 532 g/mol. The second-order valence-electron chi connectivity index (χ2n) is 14.0. The molecule has 0 aromatic heterocycles. The van der Waals surface area contributed by atoms with E-state index < -0.39 is 8.07 Å². The van der Waals surface area contributed by atoms with Gasteiger partial charge in [0.05, 0.1) is 6.61 Å². The summed E-state index contributed by atoms with van der Waals surface area (Å²) >= 11 is 0. The summed E-state index contributed by atoms with van der Waals surface area (Å²) in [5.41, 5.74) is 3.63. The molecule has 0 spiro atoms. The Morgan fingerprint density at radius 2 is 1.45 bits per heavy atom. The molecule has 1 unspecified atom stereocenters. The van der Waals surface area contributed by atoms with Crippen molar-refractivity contribution < 1.29 is 14.2 Å². The summed E-state index contributed by atoms with van der Waals surface area (Å²) in [6.07, 6.45) is 15.6. The van der Waals surface area contributed by atoms with Gasteiger partial charge in [0.1, 0.15) is 0 Å². The van der Waals surface area contributed by atoms with Gasteiger partial charge in [-0.05, 0) is 37.0 Å². The molecule has 4 heterocycles. The first-order chi connectivity index (χ1) is 18.4. The summed E-state index contributed by atoms with van der Waals surface area (Å²) in [6, 6.07) is 12.1. The molecule has 5 rings (SSSR count). The first kappa shape index (κ1) is 28.3. The van der Waals surface area contributed by atoms with Gasteiger partial charge < -0.3 is 9.39 Å². The van der Waals surface area contributed by atoms with Crippen LogP contribution in [-0.2, 0) is 14.2 Å². The Kier molecular flexibility index (Phi) is 9.30. The van der Waals surface area contributed by atoms with Gasteiger partial charge in [-0.15, -0.1) is 0 Å². The molecule has 4 aliphatic heterocycles. The summed E-state index contributed by atoms with van der Waals surface area (Å²) in [4.78, 5) is 14.3. The fourth-order valence-electron chi connectivity index (χ4n) is 8.73. The zero-order valence-corrected chi connectivity index (χ0v) is 25.6. The van der Waals surface area contributed by atoms with Gasteiger partial charge in [0, 0.05) is 19.8 Å². The van der Waals surface area contributed by atoms with Crippen LogP contribution in [0.5, 0.6) is 0 Å². The highest BCUT2D eigenvalue weighted by Gasteiger charge is 2.49. The van der Waals surface area contributed by atoms with E-state index in [2.05, 4.69) is 50.0 Å². The zero-order chi connectivity index (χ0) is 26.7. The van der Waals surface area contributed by atoms with Crippen LogP contribution in [0.2, 0.25) is 49.0 Å². The molecule has 0 aliphatic carbocycles. The van der Waals surface area contributed by atoms with E-state index in [0.717, 1.165) is 11.6 Å². The lowest BCUT2D eigenvalue weighted by Gasteiger charge is -2.44. The van der Waals surface area contributed by atoms with Crippen LogP contribution in [0.15, 0.2) is 35.9 Å².